The highest BCUT2D eigenvalue weighted by molar-refractivity contribution is 6.34. The molecule has 1 unspecified atom stereocenters. The van der Waals surface area contributed by atoms with Gasteiger partial charge in [-0.2, -0.15) is 4.39 Å². The van der Waals surface area contributed by atoms with Crippen LogP contribution in [-0.2, 0) is 16.6 Å². The average molecular weight is 632 g/mol. The number of imidazole rings is 1. The molecule has 3 heterocycles. The molecule has 3 aromatic rings. The van der Waals surface area contributed by atoms with Gasteiger partial charge >= 0.3 is 0 Å². The number of carboxylic acid groups (broad SMARTS) is 1. The molecule has 2 aliphatic heterocycles. The van der Waals surface area contributed by atoms with Crippen molar-refractivity contribution in [3.63, 3.8) is 0 Å². The van der Waals surface area contributed by atoms with Gasteiger partial charge in [0, 0.05) is 50.3 Å². The molecule has 0 spiro atoms. The van der Waals surface area contributed by atoms with E-state index in [2.05, 4.69) is 15.6 Å². The van der Waals surface area contributed by atoms with Crippen molar-refractivity contribution in [2.24, 2.45) is 18.9 Å². The van der Waals surface area contributed by atoms with Gasteiger partial charge in [-0.15, -0.1) is 0 Å². The number of carbonyl (C=O) groups is 4. The molecule has 2 saturated heterocycles. The van der Waals surface area contributed by atoms with Gasteiger partial charge in [-0.05, 0) is 55.6 Å². The highest BCUT2D eigenvalue weighted by Crippen LogP contribution is 2.31. The molecule has 234 valence electrons. The number of nitrogens with one attached hydrogen (secondary N) is 2. The van der Waals surface area contributed by atoms with Crippen molar-refractivity contribution in [3.8, 4) is 17.0 Å². The molecule has 14 heteroatoms. The molecule has 2 amide bonds. The van der Waals surface area contributed by atoms with Crippen molar-refractivity contribution in [1.82, 2.24) is 19.8 Å². The Morgan fingerprint density at radius 2 is 1.95 bits per heavy atom. The second kappa shape index (κ2) is 14.4. The second-order valence-electron chi connectivity index (χ2n) is 10.5. The van der Waals surface area contributed by atoms with Crippen molar-refractivity contribution in [2.75, 3.05) is 38.6 Å². The topological polar surface area (TPSA) is 143 Å². The Morgan fingerprint density at radius 3 is 2.61 bits per heavy atom. The number of hydrogen-bond acceptors (Lipinski definition) is 7. The molecule has 0 bridgehead atoms. The van der Waals surface area contributed by atoms with E-state index in [1.54, 1.807) is 17.0 Å². The molecule has 0 saturated carbocycles. The van der Waals surface area contributed by atoms with Crippen LogP contribution < -0.4 is 15.4 Å². The first-order valence-corrected chi connectivity index (χ1v) is 14.2. The average Bonchev–Trinajstić information content (AvgIpc) is 3.77. The molecule has 3 N–H and O–H groups in total. The number of ether oxygens (including phenoxy) is 1. The first-order chi connectivity index (χ1) is 21.1. The predicted octanol–water partition coefficient (Wildman–Crippen LogP) is 4.01. The number of benzene rings is 2. The van der Waals surface area contributed by atoms with Gasteiger partial charge < -0.3 is 29.9 Å². The molecule has 0 radical (unpaired) electrons. The molecule has 44 heavy (non-hydrogen) atoms. The smallest absolute Gasteiger partial charge is 0.291 e. The Balaban J connectivity index is 0.00000141. The van der Waals surface area contributed by atoms with Crippen LogP contribution >= 0.6 is 11.6 Å². The van der Waals surface area contributed by atoms with Crippen LogP contribution in [0.5, 0.6) is 5.75 Å². The summed E-state index contributed by atoms with van der Waals surface area (Å²) in [5.74, 6) is -2.90. The van der Waals surface area contributed by atoms with Gasteiger partial charge in [0.15, 0.2) is 17.4 Å². The Labute approximate surface area is 257 Å². The van der Waals surface area contributed by atoms with Crippen LogP contribution in [0.3, 0.4) is 0 Å². The SMILES string of the molecule is COc1ccc(-c2cnc(C(=O)Nc3ccc(C(=O)N4CCC(CC(=O)[C@@H]5CCNC5)C4)c(Cl)c3)n2C)c(F)c1F.O=CO. The highest BCUT2D eigenvalue weighted by atomic mass is 35.5. The van der Waals surface area contributed by atoms with Gasteiger partial charge in [0.2, 0.25) is 5.82 Å². The van der Waals surface area contributed by atoms with Gasteiger partial charge in [0.25, 0.3) is 18.3 Å². The van der Waals surface area contributed by atoms with E-state index in [1.807, 2.05) is 0 Å². The summed E-state index contributed by atoms with van der Waals surface area (Å²) < 4.78 is 35.0. The lowest BCUT2D eigenvalue weighted by atomic mass is 9.93. The van der Waals surface area contributed by atoms with Crippen molar-refractivity contribution < 1.29 is 37.8 Å². The molecular formula is C30H32ClF2N5O6. The molecule has 0 aliphatic carbocycles. The van der Waals surface area contributed by atoms with E-state index in [-0.39, 0.29) is 57.9 Å². The molecule has 5 rings (SSSR count). The summed E-state index contributed by atoms with van der Waals surface area (Å²) >= 11 is 6.44. The predicted molar refractivity (Wildman–Crippen MR) is 158 cm³/mol. The Morgan fingerprint density at radius 1 is 1.20 bits per heavy atom. The lowest BCUT2D eigenvalue weighted by Crippen LogP contribution is -2.29. The number of nitrogens with zero attached hydrogens (tertiary/aromatic N) is 3. The minimum Gasteiger partial charge on any atom is -0.494 e. The van der Waals surface area contributed by atoms with E-state index in [4.69, 9.17) is 26.2 Å². The number of hydrogen-bond donors (Lipinski definition) is 3. The number of likely N-dealkylation sites (tertiary alicyclic amines) is 1. The monoisotopic (exact) mass is 631 g/mol. The van der Waals surface area contributed by atoms with Gasteiger partial charge in [-0.25, -0.2) is 9.37 Å². The van der Waals surface area contributed by atoms with Crippen molar-refractivity contribution in [2.45, 2.75) is 19.3 Å². The van der Waals surface area contributed by atoms with E-state index in [0.717, 1.165) is 25.9 Å². The molecule has 2 aliphatic rings. The van der Waals surface area contributed by atoms with Crippen LogP contribution in [0, 0.1) is 23.5 Å². The number of Topliss-reactive ketones (excluding diaryl/α,β-unsaturated/α-hetero) is 1. The zero-order valence-electron chi connectivity index (χ0n) is 24.1. The maximum atomic E-state index is 14.6. The van der Waals surface area contributed by atoms with Gasteiger partial charge in [0.05, 0.1) is 29.6 Å². The Hall–Kier alpha value is -4.36. The van der Waals surface area contributed by atoms with Crippen LogP contribution in [-0.4, -0.2) is 76.9 Å². The van der Waals surface area contributed by atoms with E-state index in [1.165, 1.54) is 43.1 Å². The van der Waals surface area contributed by atoms with E-state index in [9.17, 15) is 23.2 Å². The van der Waals surface area contributed by atoms with E-state index < -0.39 is 17.5 Å². The van der Waals surface area contributed by atoms with Gasteiger partial charge in [-0.3, -0.25) is 19.2 Å². The Bertz CT molecular complexity index is 1560. The number of amides is 2. The maximum Gasteiger partial charge on any atom is 0.291 e. The van der Waals surface area contributed by atoms with Crippen LogP contribution in [0.2, 0.25) is 5.02 Å². The number of methoxy groups -OCH3 is 1. The molecule has 1 aromatic heterocycles. The van der Waals surface area contributed by atoms with Crippen molar-refractivity contribution in [3.05, 3.63) is 64.6 Å². The largest absolute Gasteiger partial charge is 0.494 e. The lowest BCUT2D eigenvalue weighted by molar-refractivity contribution is -0.123. The number of halogens is 3. The summed E-state index contributed by atoms with van der Waals surface area (Å²) in [5, 5.41) is 12.9. The summed E-state index contributed by atoms with van der Waals surface area (Å²) in [7, 11) is 2.75. The molecule has 11 nitrogen and oxygen atoms in total. The van der Waals surface area contributed by atoms with Crippen LogP contribution in [0.1, 0.15) is 40.2 Å². The summed E-state index contributed by atoms with van der Waals surface area (Å²) in [6.45, 7) is 2.40. The maximum absolute atomic E-state index is 14.6. The van der Waals surface area contributed by atoms with E-state index >= 15 is 0 Å². The first kappa shape index (κ1) is 32.6. The highest BCUT2D eigenvalue weighted by Gasteiger charge is 2.32. The number of aromatic nitrogens is 2. The number of carbonyl (C=O) groups excluding carboxylic acids is 3. The molecule has 2 fully saturated rings. The third-order valence-corrected chi connectivity index (χ3v) is 8.08. The first-order valence-electron chi connectivity index (χ1n) is 13.8. The van der Waals surface area contributed by atoms with Crippen LogP contribution in [0.15, 0.2) is 36.5 Å². The van der Waals surface area contributed by atoms with Crippen LogP contribution in [0.25, 0.3) is 11.3 Å². The molecular weight excluding hydrogens is 600 g/mol. The van der Waals surface area contributed by atoms with Crippen LogP contribution in [0.4, 0.5) is 14.5 Å². The Kier molecular flexibility index (Phi) is 10.7. The lowest BCUT2D eigenvalue weighted by Gasteiger charge is -2.18. The number of rotatable bonds is 8. The summed E-state index contributed by atoms with van der Waals surface area (Å²) in [5.41, 5.74) is 0.747. The summed E-state index contributed by atoms with van der Waals surface area (Å²) in [6, 6.07) is 7.21. The third kappa shape index (κ3) is 7.05. The normalized spacial score (nSPS) is 17.5. The summed E-state index contributed by atoms with van der Waals surface area (Å²) in [6.07, 6.45) is 3.39. The third-order valence-electron chi connectivity index (χ3n) is 7.77. The zero-order chi connectivity index (χ0) is 32.0. The minimum absolute atomic E-state index is 0.0436. The fraction of sp³-hybridized carbons (Fsp3) is 0.367. The van der Waals surface area contributed by atoms with Crippen molar-refractivity contribution >= 4 is 41.4 Å². The zero-order valence-corrected chi connectivity index (χ0v) is 24.9. The minimum atomic E-state index is -1.14. The fourth-order valence-corrected chi connectivity index (χ4v) is 5.71. The van der Waals surface area contributed by atoms with Gasteiger partial charge in [-0.1, -0.05) is 11.6 Å². The van der Waals surface area contributed by atoms with Crippen molar-refractivity contribution in [1.29, 1.82) is 0 Å². The number of anilines is 1. The number of ketones is 1. The second-order valence-corrected chi connectivity index (χ2v) is 10.9. The molecule has 2 atom stereocenters. The molecule has 2 aromatic carbocycles. The summed E-state index contributed by atoms with van der Waals surface area (Å²) in [4.78, 5) is 52.8. The quantitative estimate of drug-likeness (QED) is 0.317. The fourth-order valence-electron chi connectivity index (χ4n) is 5.45. The van der Waals surface area contributed by atoms with Gasteiger partial charge in [0.1, 0.15) is 5.78 Å². The standard InChI is InChI=1S/C29H30ClF2N5O4.CH2O2/c1-36-22(20-5-6-24(41-2)26(32)25(20)31)14-34-27(36)28(39)35-18-3-4-19(21(30)12-18)29(40)37-10-8-16(15-37)11-23(38)17-7-9-33-13-17;2-1-3/h3-6,12,14,16-17,33H,7-11,13,15H2,1-2H3,(H,35,39);1H,(H,2,3)/t16?,17-;/m1./s1. The van der Waals surface area contributed by atoms with E-state index in [0.29, 0.717) is 30.8 Å².